The third kappa shape index (κ3) is 3.48. The minimum absolute atomic E-state index is 0.0183. The average Bonchev–Trinajstić information content (AvgIpc) is 3.03. The summed E-state index contributed by atoms with van der Waals surface area (Å²) in [6, 6.07) is 0. The van der Waals surface area contributed by atoms with E-state index < -0.39 is 5.97 Å². The van der Waals surface area contributed by atoms with Gasteiger partial charge in [0.2, 0.25) is 0 Å². The molecule has 2 aromatic rings. The van der Waals surface area contributed by atoms with Crippen LogP contribution >= 0.6 is 0 Å². The molecule has 1 N–H and O–H groups in total. The first-order valence-electron chi connectivity index (χ1n) is 7.22. The summed E-state index contributed by atoms with van der Waals surface area (Å²) in [6.45, 7) is 7.70. The minimum atomic E-state index is -1.07. The van der Waals surface area contributed by atoms with Crippen LogP contribution in [0.25, 0.3) is 11.3 Å². The van der Waals surface area contributed by atoms with E-state index in [0.717, 1.165) is 24.9 Å². The van der Waals surface area contributed by atoms with Gasteiger partial charge in [-0.15, -0.1) is 5.10 Å². The molecule has 21 heavy (non-hydrogen) atoms. The number of carboxylic acids is 1. The van der Waals surface area contributed by atoms with Crippen molar-refractivity contribution in [2.75, 3.05) is 0 Å². The summed E-state index contributed by atoms with van der Waals surface area (Å²) in [5, 5.41) is 21.3. The predicted molar refractivity (Wildman–Crippen MR) is 77.9 cm³/mol. The predicted octanol–water partition coefficient (Wildman–Crippen LogP) is 2.30. The van der Waals surface area contributed by atoms with E-state index in [1.807, 2.05) is 13.1 Å². The van der Waals surface area contributed by atoms with Gasteiger partial charge < -0.3 is 5.11 Å². The number of hydrogen-bond acceptors (Lipinski definition) is 4. The molecule has 0 saturated carbocycles. The number of aromatic nitrogens is 5. The van der Waals surface area contributed by atoms with Crippen molar-refractivity contribution in [2.24, 2.45) is 5.92 Å². The van der Waals surface area contributed by atoms with Crippen LogP contribution in [0.15, 0.2) is 12.4 Å². The minimum Gasteiger partial charge on any atom is -0.476 e. The van der Waals surface area contributed by atoms with Crippen molar-refractivity contribution >= 4 is 5.97 Å². The summed E-state index contributed by atoms with van der Waals surface area (Å²) in [7, 11) is 0. The number of nitrogens with zero attached hydrogens (tertiary/aromatic N) is 5. The van der Waals surface area contributed by atoms with E-state index in [2.05, 4.69) is 29.3 Å². The van der Waals surface area contributed by atoms with Crippen LogP contribution in [0.3, 0.4) is 0 Å². The molecular weight excluding hydrogens is 270 g/mol. The number of aryl methyl sites for hydroxylation is 2. The van der Waals surface area contributed by atoms with Crippen LogP contribution in [0.5, 0.6) is 0 Å². The van der Waals surface area contributed by atoms with E-state index in [4.69, 9.17) is 0 Å². The molecule has 0 radical (unpaired) electrons. The SMILES string of the molecule is CCn1cc(-c2c(C(=O)O)nnn2CCCC(C)C)cn1. The van der Waals surface area contributed by atoms with Gasteiger partial charge in [0.25, 0.3) is 0 Å². The second kappa shape index (κ2) is 6.51. The van der Waals surface area contributed by atoms with Gasteiger partial charge in [0, 0.05) is 24.8 Å². The average molecular weight is 291 g/mol. The lowest BCUT2D eigenvalue weighted by Crippen LogP contribution is -2.06. The maximum Gasteiger partial charge on any atom is 0.358 e. The molecule has 2 heterocycles. The van der Waals surface area contributed by atoms with Gasteiger partial charge in [-0.05, 0) is 25.7 Å². The van der Waals surface area contributed by atoms with Crippen molar-refractivity contribution in [1.82, 2.24) is 24.8 Å². The second-order valence-electron chi connectivity index (χ2n) is 5.44. The third-order valence-electron chi connectivity index (χ3n) is 3.32. The van der Waals surface area contributed by atoms with E-state index in [-0.39, 0.29) is 5.69 Å². The van der Waals surface area contributed by atoms with Crippen molar-refractivity contribution < 1.29 is 9.90 Å². The zero-order valence-electron chi connectivity index (χ0n) is 12.7. The molecule has 0 spiro atoms. The van der Waals surface area contributed by atoms with Crippen LogP contribution in [0.2, 0.25) is 0 Å². The highest BCUT2D eigenvalue weighted by Gasteiger charge is 2.21. The highest BCUT2D eigenvalue weighted by Crippen LogP contribution is 2.22. The first-order chi connectivity index (χ1) is 10.0. The van der Waals surface area contributed by atoms with Gasteiger partial charge in [-0.25, -0.2) is 9.48 Å². The van der Waals surface area contributed by atoms with Crippen molar-refractivity contribution in [3.05, 3.63) is 18.1 Å². The number of hydrogen-bond donors (Lipinski definition) is 1. The molecule has 114 valence electrons. The standard InChI is InChI=1S/C14H21N5O2/c1-4-18-9-11(8-15-18)13-12(14(20)21)16-17-19(13)7-5-6-10(2)3/h8-10H,4-7H2,1-3H3,(H,20,21). The Morgan fingerprint density at radius 1 is 1.43 bits per heavy atom. The molecule has 0 aliphatic carbocycles. The Bertz CT molecular complexity index is 615. The van der Waals surface area contributed by atoms with E-state index >= 15 is 0 Å². The smallest absolute Gasteiger partial charge is 0.358 e. The molecule has 0 saturated heterocycles. The number of carbonyl (C=O) groups is 1. The fourth-order valence-electron chi connectivity index (χ4n) is 2.21. The van der Waals surface area contributed by atoms with Gasteiger partial charge in [0.05, 0.1) is 6.20 Å². The maximum absolute atomic E-state index is 11.3. The number of carboxylic acid groups (broad SMARTS) is 1. The molecule has 0 aliphatic heterocycles. The Hall–Kier alpha value is -2.18. The molecule has 0 fully saturated rings. The van der Waals surface area contributed by atoms with Crippen LogP contribution in [0, 0.1) is 5.92 Å². The highest BCUT2D eigenvalue weighted by atomic mass is 16.4. The maximum atomic E-state index is 11.3. The molecule has 7 nitrogen and oxygen atoms in total. The summed E-state index contributed by atoms with van der Waals surface area (Å²) in [4.78, 5) is 11.3. The Labute approximate surface area is 123 Å². The largest absolute Gasteiger partial charge is 0.476 e. The first kappa shape index (κ1) is 15.2. The van der Waals surface area contributed by atoms with E-state index in [1.54, 1.807) is 15.6 Å². The lowest BCUT2D eigenvalue weighted by molar-refractivity contribution is 0.0691. The van der Waals surface area contributed by atoms with Gasteiger partial charge in [-0.1, -0.05) is 19.1 Å². The summed E-state index contributed by atoms with van der Waals surface area (Å²) in [5.41, 5.74) is 1.25. The fraction of sp³-hybridized carbons (Fsp3) is 0.571. The van der Waals surface area contributed by atoms with E-state index in [1.165, 1.54) is 0 Å². The Balaban J connectivity index is 2.31. The third-order valence-corrected chi connectivity index (χ3v) is 3.32. The summed E-state index contributed by atoms with van der Waals surface area (Å²) in [5.74, 6) is -0.455. The lowest BCUT2D eigenvalue weighted by Gasteiger charge is -2.07. The zero-order chi connectivity index (χ0) is 15.4. The van der Waals surface area contributed by atoms with Crippen molar-refractivity contribution in [1.29, 1.82) is 0 Å². The monoisotopic (exact) mass is 291 g/mol. The quantitative estimate of drug-likeness (QED) is 0.846. The van der Waals surface area contributed by atoms with Gasteiger partial charge >= 0.3 is 5.97 Å². The molecule has 0 bridgehead atoms. The van der Waals surface area contributed by atoms with Gasteiger partial charge in [0.1, 0.15) is 5.69 Å². The molecule has 7 heteroatoms. The van der Waals surface area contributed by atoms with Crippen molar-refractivity contribution in [3.63, 3.8) is 0 Å². The molecule has 0 unspecified atom stereocenters. The molecule has 2 aromatic heterocycles. The Morgan fingerprint density at radius 3 is 2.76 bits per heavy atom. The summed E-state index contributed by atoms with van der Waals surface area (Å²) < 4.78 is 3.43. The van der Waals surface area contributed by atoms with Crippen molar-refractivity contribution in [2.45, 2.75) is 46.7 Å². The highest BCUT2D eigenvalue weighted by molar-refractivity contribution is 5.92. The van der Waals surface area contributed by atoms with Gasteiger partial charge in [-0.2, -0.15) is 5.10 Å². The lowest BCUT2D eigenvalue weighted by atomic mass is 10.1. The normalized spacial score (nSPS) is 11.2. The molecule has 0 aromatic carbocycles. The van der Waals surface area contributed by atoms with Crippen molar-refractivity contribution in [3.8, 4) is 11.3 Å². The zero-order valence-corrected chi connectivity index (χ0v) is 12.7. The molecule has 0 atom stereocenters. The van der Waals surface area contributed by atoms with Crippen LogP contribution < -0.4 is 0 Å². The van der Waals surface area contributed by atoms with Crippen LogP contribution in [-0.2, 0) is 13.1 Å². The van der Waals surface area contributed by atoms with Crippen LogP contribution in [0.1, 0.15) is 44.1 Å². The van der Waals surface area contributed by atoms with E-state index in [0.29, 0.717) is 18.2 Å². The van der Waals surface area contributed by atoms with Crippen LogP contribution in [-0.4, -0.2) is 35.9 Å². The van der Waals surface area contributed by atoms with Gasteiger partial charge in [-0.3, -0.25) is 4.68 Å². The number of aromatic carboxylic acids is 1. The fourth-order valence-corrected chi connectivity index (χ4v) is 2.21. The van der Waals surface area contributed by atoms with Crippen LogP contribution in [0.4, 0.5) is 0 Å². The number of rotatable bonds is 7. The molecule has 0 amide bonds. The molecule has 2 rings (SSSR count). The second-order valence-corrected chi connectivity index (χ2v) is 5.44. The Kier molecular flexibility index (Phi) is 4.72. The topological polar surface area (TPSA) is 85.8 Å². The summed E-state index contributed by atoms with van der Waals surface area (Å²) in [6.07, 6.45) is 5.49. The van der Waals surface area contributed by atoms with E-state index in [9.17, 15) is 9.90 Å². The summed E-state index contributed by atoms with van der Waals surface area (Å²) >= 11 is 0. The molecular formula is C14H21N5O2. The van der Waals surface area contributed by atoms with Gasteiger partial charge in [0.15, 0.2) is 5.69 Å². The first-order valence-corrected chi connectivity index (χ1v) is 7.22. The Morgan fingerprint density at radius 2 is 2.19 bits per heavy atom. The molecule has 0 aliphatic rings.